The SMILES string of the molecule is CC(=O)n1c(C)c(Cc2ccccc2)n(C(C)=O)c1=O. The zero-order valence-corrected chi connectivity index (χ0v) is 11.7. The van der Waals surface area contributed by atoms with Gasteiger partial charge in [0.1, 0.15) is 0 Å². The maximum atomic E-state index is 12.2. The van der Waals surface area contributed by atoms with Crippen LogP contribution in [0.3, 0.4) is 0 Å². The molecule has 0 fully saturated rings. The van der Waals surface area contributed by atoms with Gasteiger partial charge in [0.15, 0.2) is 0 Å². The van der Waals surface area contributed by atoms with Gasteiger partial charge in [-0.1, -0.05) is 30.3 Å². The molecule has 0 bridgehead atoms. The second kappa shape index (κ2) is 5.28. The number of hydrogen-bond donors (Lipinski definition) is 0. The van der Waals surface area contributed by atoms with E-state index in [0.717, 1.165) is 14.7 Å². The molecule has 0 aliphatic heterocycles. The summed E-state index contributed by atoms with van der Waals surface area (Å²) in [5, 5.41) is 0. The standard InChI is InChI=1S/C15H16N2O3/c1-10-14(9-13-7-5-4-6-8-13)17(12(3)19)15(20)16(10)11(2)18/h4-8H,9H2,1-3H3. The van der Waals surface area contributed by atoms with Crippen molar-refractivity contribution in [1.29, 1.82) is 0 Å². The summed E-state index contributed by atoms with van der Waals surface area (Å²) < 4.78 is 2.11. The zero-order valence-electron chi connectivity index (χ0n) is 11.7. The fourth-order valence-electron chi connectivity index (χ4n) is 2.34. The third-order valence-electron chi connectivity index (χ3n) is 3.25. The Hall–Kier alpha value is -2.43. The number of carbonyl (C=O) groups is 2. The maximum absolute atomic E-state index is 12.2. The molecular weight excluding hydrogens is 256 g/mol. The Morgan fingerprint density at radius 3 is 2.05 bits per heavy atom. The van der Waals surface area contributed by atoms with Crippen LogP contribution in [-0.4, -0.2) is 20.9 Å². The van der Waals surface area contributed by atoms with E-state index in [9.17, 15) is 14.4 Å². The van der Waals surface area contributed by atoms with Crippen molar-refractivity contribution >= 4 is 11.8 Å². The van der Waals surface area contributed by atoms with Crippen LogP contribution in [0.5, 0.6) is 0 Å². The van der Waals surface area contributed by atoms with Crippen LogP contribution >= 0.6 is 0 Å². The number of imidazole rings is 1. The number of carbonyl (C=O) groups excluding carboxylic acids is 2. The minimum absolute atomic E-state index is 0.385. The van der Waals surface area contributed by atoms with E-state index >= 15 is 0 Å². The van der Waals surface area contributed by atoms with Gasteiger partial charge in [0.2, 0.25) is 11.8 Å². The van der Waals surface area contributed by atoms with Crippen molar-refractivity contribution in [2.75, 3.05) is 0 Å². The summed E-state index contributed by atoms with van der Waals surface area (Å²) in [5.41, 5.74) is 1.46. The van der Waals surface area contributed by atoms with E-state index in [1.807, 2.05) is 30.3 Å². The summed E-state index contributed by atoms with van der Waals surface area (Å²) in [6.45, 7) is 4.31. The lowest BCUT2D eigenvalue weighted by atomic mass is 10.1. The lowest BCUT2D eigenvalue weighted by molar-refractivity contribution is 0.0919. The molecule has 0 N–H and O–H groups in total. The molecule has 0 spiro atoms. The summed E-state index contributed by atoms with van der Waals surface area (Å²) in [6.07, 6.45) is 0.432. The van der Waals surface area contributed by atoms with Gasteiger partial charge < -0.3 is 0 Å². The Balaban J connectivity index is 2.63. The van der Waals surface area contributed by atoms with E-state index in [1.54, 1.807) is 6.92 Å². The minimum atomic E-state index is -0.589. The molecule has 2 rings (SSSR count). The molecule has 1 aromatic heterocycles. The van der Waals surface area contributed by atoms with Crippen LogP contribution in [0.1, 0.15) is 40.4 Å². The largest absolute Gasteiger partial charge is 0.342 e. The first-order valence-corrected chi connectivity index (χ1v) is 6.32. The Morgan fingerprint density at radius 2 is 1.55 bits per heavy atom. The van der Waals surface area contributed by atoms with E-state index in [1.165, 1.54) is 13.8 Å². The number of aromatic nitrogens is 2. The second-order valence-electron chi connectivity index (χ2n) is 4.69. The number of benzene rings is 1. The van der Waals surface area contributed by atoms with Gasteiger partial charge in [-0.25, -0.2) is 13.9 Å². The van der Waals surface area contributed by atoms with Gasteiger partial charge in [-0.3, -0.25) is 9.59 Å². The van der Waals surface area contributed by atoms with Crippen molar-refractivity contribution in [3.8, 4) is 0 Å². The third-order valence-corrected chi connectivity index (χ3v) is 3.25. The highest BCUT2D eigenvalue weighted by atomic mass is 16.2. The Bertz CT molecular complexity index is 724. The highest BCUT2D eigenvalue weighted by Gasteiger charge is 2.21. The van der Waals surface area contributed by atoms with Crippen LogP contribution in [0.15, 0.2) is 35.1 Å². The predicted octanol–water partition coefficient (Wildman–Crippen LogP) is 1.87. The topological polar surface area (TPSA) is 61.1 Å². The molecule has 0 saturated carbocycles. The summed E-state index contributed by atoms with van der Waals surface area (Å²) in [7, 11) is 0. The number of hydrogen-bond acceptors (Lipinski definition) is 3. The van der Waals surface area contributed by atoms with E-state index in [4.69, 9.17) is 0 Å². The Kier molecular flexibility index (Phi) is 3.70. The molecule has 0 aliphatic carbocycles. The van der Waals surface area contributed by atoms with Crippen molar-refractivity contribution in [2.45, 2.75) is 27.2 Å². The lowest BCUT2D eigenvalue weighted by Gasteiger charge is -2.05. The van der Waals surface area contributed by atoms with Crippen LogP contribution in [0.2, 0.25) is 0 Å². The molecule has 0 atom stereocenters. The van der Waals surface area contributed by atoms with Crippen molar-refractivity contribution < 1.29 is 9.59 Å². The molecule has 0 aliphatic rings. The average molecular weight is 272 g/mol. The molecule has 1 heterocycles. The van der Waals surface area contributed by atoms with Crippen LogP contribution < -0.4 is 5.69 Å². The first-order valence-electron chi connectivity index (χ1n) is 6.32. The van der Waals surface area contributed by atoms with E-state index in [-0.39, 0.29) is 11.8 Å². The summed E-state index contributed by atoms with van der Waals surface area (Å²) in [6, 6.07) is 9.51. The molecule has 0 amide bonds. The lowest BCUT2D eigenvalue weighted by Crippen LogP contribution is -2.31. The first kappa shape index (κ1) is 14.0. The monoisotopic (exact) mass is 272 g/mol. The van der Waals surface area contributed by atoms with Gasteiger partial charge >= 0.3 is 5.69 Å². The normalized spacial score (nSPS) is 10.6. The van der Waals surface area contributed by atoms with Crippen LogP contribution in [-0.2, 0) is 6.42 Å². The fraction of sp³-hybridized carbons (Fsp3) is 0.267. The molecule has 5 nitrogen and oxygen atoms in total. The Labute approximate surface area is 116 Å². The Morgan fingerprint density at radius 1 is 1.00 bits per heavy atom. The molecule has 1 aromatic carbocycles. The van der Waals surface area contributed by atoms with E-state index in [2.05, 4.69) is 0 Å². The van der Waals surface area contributed by atoms with E-state index in [0.29, 0.717) is 17.8 Å². The zero-order chi connectivity index (χ0) is 14.9. The fourth-order valence-corrected chi connectivity index (χ4v) is 2.34. The molecule has 0 saturated heterocycles. The highest BCUT2D eigenvalue weighted by Crippen LogP contribution is 2.13. The number of nitrogens with zero attached hydrogens (tertiary/aromatic N) is 2. The van der Waals surface area contributed by atoms with E-state index < -0.39 is 5.69 Å². The van der Waals surface area contributed by atoms with Gasteiger partial charge in [0.05, 0.1) is 5.69 Å². The molecule has 5 heteroatoms. The average Bonchev–Trinajstić information content (AvgIpc) is 2.62. The molecule has 2 aromatic rings. The predicted molar refractivity (Wildman–Crippen MR) is 75.3 cm³/mol. The molecule has 0 unspecified atom stereocenters. The van der Waals surface area contributed by atoms with Crippen molar-refractivity contribution in [3.63, 3.8) is 0 Å². The smallest absolute Gasteiger partial charge is 0.274 e. The van der Waals surface area contributed by atoms with Gasteiger partial charge in [-0.2, -0.15) is 0 Å². The summed E-state index contributed by atoms with van der Waals surface area (Å²) >= 11 is 0. The van der Waals surface area contributed by atoms with Gasteiger partial charge in [0.25, 0.3) is 0 Å². The van der Waals surface area contributed by atoms with Gasteiger partial charge in [0, 0.05) is 26.0 Å². The molecule has 0 radical (unpaired) electrons. The highest BCUT2D eigenvalue weighted by molar-refractivity contribution is 5.81. The number of rotatable bonds is 2. The molecule has 20 heavy (non-hydrogen) atoms. The second-order valence-corrected chi connectivity index (χ2v) is 4.69. The maximum Gasteiger partial charge on any atom is 0.342 e. The first-order chi connectivity index (χ1) is 9.43. The van der Waals surface area contributed by atoms with Crippen molar-refractivity contribution in [3.05, 3.63) is 57.8 Å². The van der Waals surface area contributed by atoms with Crippen LogP contribution in [0, 0.1) is 6.92 Å². The van der Waals surface area contributed by atoms with Crippen molar-refractivity contribution in [2.24, 2.45) is 0 Å². The van der Waals surface area contributed by atoms with Crippen LogP contribution in [0.25, 0.3) is 0 Å². The quantitative estimate of drug-likeness (QED) is 0.838. The molecule has 104 valence electrons. The third kappa shape index (κ3) is 2.34. The van der Waals surface area contributed by atoms with Crippen LogP contribution in [0.4, 0.5) is 0 Å². The summed E-state index contributed by atoms with van der Waals surface area (Å²) in [5.74, 6) is -0.772. The molecular formula is C15H16N2O3. The minimum Gasteiger partial charge on any atom is -0.274 e. The summed E-state index contributed by atoms with van der Waals surface area (Å²) in [4.78, 5) is 35.4. The van der Waals surface area contributed by atoms with Crippen molar-refractivity contribution in [1.82, 2.24) is 9.13 Å². The van der Waals surface area contributed by atoms with Gasteiger partial charge in [-0.15, -0.1) is 0 Å². The van der Waals surface area contributed by atoms with Gasteiger partial charge in [-0.05, 0) is 12.5 Å².